The van der Waals surface area contributed by atoms with E-state index in [1.165, 1.54) is 12.0 Å². The minimum Gasteiger partial charge on any atom is -0.497 e. The van der Waals surface area contributed by atoms with E-state index in [0.717, 1.165) is 43.6 Å². The molecule has 4 rings (SSSR count). The second-order valence-corrected chi connectivity index (χ2v) is 10.0. The standard InChI is InChI=1S/C26H28ClN5O4S/c1-36-19-9-5-8-18(14-19)32(26(35)23-20(28)21(24(29)33)31-37-23)22(15-10-12-16(27)13-11-15)25(34)30-17-6-3-2-4-7-17/h5,8-14,17,22H,2-4,6-7,28H2,1H3,(H2,29,33)(H,30,34)/t22-/m1/s1. The molecule has 1 heterocycles. The van der Waals surface area contributed by atoms with Gasteiger partial charge in [-0.3, -0.25) is 19.3 Å². The molecule has 1 atom stereocenters. The van der Waals surface area contributed by atoms with Gasteiger partial charge in [0.1, 0.15) is 16.7 Å². The van der Waals surface area contributed by atoms with Crippen molar-refractivity contribution in [3.63, 3.8) is 0 Å². The van der Waals surface area contributed by atoms with Gasteiger partial charge in [-0.15, -0.1) is 0 Å². The number of rotatable bonds is 8. The normalized spacial score (nSPS) is 14.5. The third-order valence-electron chi connectivity index (χ3n) is 6.35. The first-order valence-corrected chi connectivity index (χ1v) is 13.0. The fourth-order valence-corrected chi connectivity index (χ4v) is 5.34. The topological polar surface area (TPSA) is 141 Å². The Bertz CT molecular complexity index is 1290. The zero-order chi connectivity index (χ0) is 26.5. The van der Waals surface area contributed by atoms with Gasteiger partial charge in [-0.25, -0.2) is 0 Å². The van der Waals surface area contributed by atoms with Crippen LogP contribution in [0.2, 0.25) is 5.02 Å². The van der Waals surface area contributed by atoms with Crippen molar-refractivity contribution in [3.8, 4) is 5.75 Å². The minimum absolute atomic E-state index is 0.000972. The van der Waals surface area contributed by atoms with Crippen LogP contribution in [0.25, 0.3) is 0 Å². The Hall–Kier alpha value is -3.63. The number of aromatic nitrogens is 1. The number of nitrogen functional groups attached to an aromatic ring is 1. The van der Waals surface area contributed by atoms with Crippen LogP contribution in [-0.4, -0.2) is 35.2 Å². The quantitative estimate of drug-likeness (QED) is 0.388. The Balaban J connectivity index is 1.85. The molecule has 0 saturated heterocycles. The van der Waals surface area contributed by atoms with Gasteiger partial charge in [0.25, 0.3) is 11.8 Å². The maximum absolute atomic E-state index is 14.1. The number of amides is 3. The Morgan fingerprint density at radius 1 is 1.14 bits per heavy atom. The molecule has 0 radical (unpaired) electrons. The highest BCUT2D eigenvalue weighted by molar-refractivity contribution is 7.09. The SMILES string of the molecule is COc1cccc(N(C(=O)c2snc(C(N)=O)c2N)[C@@H](C(=O)NC2CCCCC2)c2ccc(Cl)cc2)c1. The molecule has 2 aromatic carbocycles. The summed E-state index contributed by atoms with van der Waals surface area (Å²) < 4.78 is 9.36. The molecular formula is C26H28ClN5O4S. The molecule has 1 aliphatic carbocycles. The molecule has 9 nitrogen and oxygen atoms in total. The average Bonchev–Trinajstić information content (AvgIpc) is 3.29. The predicted octanol–water partition coefficient (Wildman–Crippen LogP) is 4.32. The summed E-state index contributed by atoms with van der Waals surface area (Å²) >= 11 is 6.89. The zero-order valence-corrected chi connectivity index (χ0v) is 21.8. The monoisotopic (exact) mass is 541 g/mol. The molecular weight excluding hydrogens is 514 g/mol. The number of methoxy groups -OCH3 is 1. The van der Waals surface area contributed by atoms with Crippen LogP contribution in [0.3, 0.4) is 0 Å². The zero-order valence-electron chi connectivity index (χ0n) is 20.3. The summed E-state index contributed by atoms with van der Waals surface area (Å²) in [6, 6.07) is 12.5. The van der Waals surface area contributed by atoms with Crippen molar-refractivity contribution in [2.45, 2.75) is 44.2 Å². The molecule has 0 aliphatic heterocycles. The van der Waals surface area contributed by atoms with Crippen LogP contribution in [-0.2, 0) is 4.79 Å². The van der Waals surface area contributed by atoms with Crippen molar-refractivity contribution < 1.29 is 19.1 Å². The van der Waals surface area contributed by atoms with Crippen molar-refractivity contribution in [1.82, 2.24) is 9.69 Å². The number of nitrogens with two attached hydrogens (primary N) is 2. The highest BCUT2D eigenvalue weighted by Crippen LogP contribution is 2.35. The molecule has 11 heteroatoms. The van der Waals surface area contributed by atoms with E-state index >= 15 is 0 Å². The lowest BCUT2D eigenvalue weighted by molar-refractivity contribution is -0.123. The van der Waals surface area contributed by atoms with Crippen LogP contribution in [0.5, 0.6) is 5.75 Å². The number of carbonyl (C=O) groups is 3. The van der Waals surface area contributed by atoms with E-state index in [-0.39, 0.29) is 28.2 Å². The smallest absolute Gasteiger partial charge is 0.273 e. The van der Waals surface area contributed by atoms with Crippen molar-refractivity contribution >= 4 is 52.2 Å². The summed E-state index contributed by atoms with van der Waals surface area (Å²) in [7, 11) is 1.51. The summed E-state index contributed by atoms with van der Waals surface area (Å²) in [5.74, 6) is -1.30. The maximum atomic E-state index is 14.1. The van der Waals surface area contributed by atoms with Crippen LogP contribution in [0, 0.1) is 0 Å². The largest absolute Gasteiger partial charge is 0.497 e. The second-order valence-electron chi connectivity index (χ2n) is 8.81. The van der Waals surface area contributed by atoms with Crippen LogP contribution in [0.15, 0.2) is 48.5 Å². The summed E-state index contributed by atoms with van der Waals surface area (Å²) in [6.07, 6.45) is 4.94. The number of benzene rings is 2. The lowest BCUT2D eigenvalue weighted by atomic mass is 9.94. The van der Waals surface area contributed by atoms with Crippen molar-refractivity contribution in [1.29, 1.82) is 0 Å². The Kier molecular flexibility index (Phi) is 8.30. The molecule has 3 aromatic rings. The summed E-state index contributed by atoms with van der Waals surface area (Å²) in [5, 5.41) is 3.63. The number of halogens is 1. The molecule has 3 amide bonds. The molecule has 1 fully saturated rings. The first-order valence-electron chi connectivity index (χ1n) is 11.9. The predicted molar refractivity (Wildman–Crippen MR) is 144 cm³/mol. The van der Waals surface area contributed by atoms with Gasteiger partial charge in [0.15, 0.2) is 5.69 Å². The number of nitrogens with zero attached hydrogens (tertiary/aromatic N) is 2. The lowest BCUT2D eigenvalue weighted by Gasteiger charge is -2.33. The molecule has 0 bridgehead atoms. The molecule has 194 valence electrons. The maximum Gasteiger partial charge on any atom is 0.273 e. The second kappa shape index (κ2) is 11.6. The van der Waals surface area contributed by atoms with Gasteiger partial charge in [0.05, 0.1) is 12.8 Å². The highest BCUT2D eigenvalue weighted by Gasteiger charge is 2.37. The first-order chi connectivity index (χ1) is 17.8. The van der Waals surface area contributed by atoms with E-state index in [9.17, 15) is 14.4 Å². The van der Waals surface area contributed by atoms with Gasteiger partial charge in [-0.2, -0.15) is 4.37 Å². The van der Waals surface area contributed by atoms with Gasteiger partial charge in [0.2, 0.25) is 5.91 Å². The van der Waals surface area contributed by atoms with Crippen LogP contribution in [0.4, 0.5) is 11.4 Å². The average molecular weight is 542 g/mol. The summed E-state index contributed by atoms with van der Waals surface area (Å²) in [4.78, 5) is 41.1. The fourth-order valence-electron chi connectivity index (χ4n) is 4.47. The Morgan fingerprint density at radius 3 is 2.46 bits per heavy atom. The number of primary amides is 1. The number of nitrogens with one attached hydrogen (secondary N) is 1. The van der Waals surface area contributed by atoms with Crippen molar-refractivity contribution in [2.75, 3.05) is 17.7 Å². The number of hydrogen-bond donors (Lipinski definition) is 3. The molecule has 37 heavy (non-hydrogen) atoms. The van der Waals surface area contributed by atoms with Gasteiger partial charge in [-0.1, -0.05) is 49.1 Å². The van der Waals surface area contributed by atoms with E-state index < -0.39 is 17.9 Å². The highest BCUT2D eigenvalue weighted by atomic mass is 35.5. The lowest BCUT2D eigenvalue weighted by Crippen LogP contribution is -2.47. The minimum atomic E-state index is -1.07. The van der Waals surface area contributed by atoms with Gasteiger partial charge < -0.3 is 21.5 Å². The van der Waals surface area contributed by atoms with Gasteiger partial charge in [0, 0.05) is 22.8 Å². The Labute approximate surface area is 223 Å². The first kappa shape index (κ1) is 26.4. The molecule has 0 unspecified atom stereocenters. The van der Waals surface area contributed by atoms with E-state index in [4.69, 9.17) is 27.8 Å². The molecule has 1 aromatic heterocycles. The number of hydrogen-bond acceptors (Lipinski definition) is 7. The van der Waals surface area contributed by atoms with Crippen molar-refractivity contribution in [2.24, 2.45) is 5.73 Å². The number of anilines is 2. The summed E-state index contributed by atoms with van der Waals surface area (Å²) in [5.41, 5.74) is 12.1. The van der Waals surface area contributed by atoms with Crippen LogP contribution >= 0.6 is 23.1 Å². The van der Waals surface area contributed by atoms with Gasteiger partial charge >= 0.3 is 0 Å². The van der Waals surface area contributed by atoms with E-state index in [1.54, 1.807) is 48.5 Å². The molecule has 0 spiro atoms. The third-order valence-corrected chi connectivity index (χ3v) is 7.45. The van der Waals surface area contributed by atoms with E-state index in [0.29, 0.717) is 22.0 Å². The Morgan fingerprint density at radius 2 is 1.84 bits per heavy atom. The number of ether oxygens (including phenoxy) is 1. The molecule has 1 aliphatic rings. The van der Waals surface area contributed by atoms with E-state index in [2.05, 4.69) is 9.69 Å². The number of carbonyl (C=O) groups excluding carboxylic acids is 3. The van der Waals surface area contributed by atoms with Crippen LogP contribution in [0.1, 0.15) is 63.9 Å². The van der Waals surface area contributed by atoms with E-state index in [1.807, 2.05) is 0 Å². The fraction of sp³-hybridized carbons (Fsp3) is 0.308. The molecule has 1 saturated carbocycles. The third kappa shape index (κ3) is 5.86. The molecule has 5 N–H and O–H groups in total. The summed E-state index contributed by atoms with van der Waals surface area (Å²) in [6.45, 7) is 0. The van der Waals surface area contributed by atoms with Crippen molar-refractivity contribution in [3.05, 3.63) is 69.7 Å². The van der Waals surface area contributed by atoms with Gasteiger partial charge in [-0.05, 0) is 54.2 Å². The van der Waals surface area contributed by atoms with Crippen LogP contribution < -0.4 is 26.4 Å².